The summed E-state index contributed by atoms with van der Waals surface area (Å²) in [6.45, 7) is 1.75. The molecule has 1 aliphatic rings. The van der Waals surface area contributed by atoms with Crippen LogP contribution >= 0.6 is 11.6 Å². The van der Waals surface area contributed by atoms with Crippen LogP contribution in [0.25, 0.3) is 16.7 Å². The molecule has 198 valence electrons. The van der Waals surface area contributed by atoms with Gasteiger partial charge in [0.05, 0.1) is 11.6 Å². The molecule has 1 amide bonds. The molecule has 0 spiro atoms. The molecule has 4 heterocycles. The number of aromatic nitrogens is 5. The first-order valence-electron chi connectivity index (χ1n) is 12.8. The van der Waals surface area contributed by atoms with Crippen LogP contribution in [0.3, 0.4) is 0 Å². The monoisotopic (exact) mass is 543 g/mol. The van der Waals surface area contributed by atoms with E-state index in [1.54, 1.807) is 16.8 Å². The van der Waals surface area contributed by atoms with Crippen molar-refractivity contribution in [3.8, 4) is 11.6 Å². The van der Waals surface area contributed by atoms with E-state index in [1.807, 2.05) is 54.6 Å². The van der Waals surface area contributed by atoms with E-state index in [1.165, 1.54) is 6.33 Å². The first kappa shape index (κ1) is 24.9. The van der Waals surface area contributed by atoms with Crippen LogP contribution < -0.4 is 19.7 Å². The molecule has 0 saturated carbocycles. The van der Waals surface area contributed by atoms with E-state index in [0.29, 0.717) is 41.6 Å². The molecule has 1 fully saturated rings. The van der Waals surface area contributed by atoms with Crippen molar-refractivity contribution in [1.29, 1.82) is 0 Å². The molecule has 10 nitrogen and oxygen atoms in total. The van der Waals surface area contributed by atoms with Gasteiger partial charge in [-0.1, -0.05) is 35.9 Å². The highest BCUT2D eigenvalue weighted by Crippen LogP contribution is 2.31. The van der Waals surface area contributed by atoms with Crippen molar-refractivity contribution in [2.75, 3.05) is 24.6 Å². The third-order valence-electron chi connectivity index (χ3n) is 6.71. The van der Waals surface area contributed by atoms with E-state index in [4.69, 9.17) is 21.1 Å². The number of carbonyl (C=O) groups is 1. The lowest BCUT2D eigenvalue weighted by atomic mass is 10.1. The predicted molar refractivity (Wildman–Crippen MR) is 148 cm³/mol. The first-order chi connectivity index (χ1) is 19.1. The Kier molecular flexibility index (Phi) is 7.09. The van der Waals surface area contributed by atoms with Gasteiger partial charge in [-0.15, -0.1) is 0 Å². The highest BCUT2D eigenvalue weighted by Gasteiger charge is 2.28. The van der Waals surface area contributed by atoms with Crippen molar-refractivity contribution < 1.29 is 14.3 Å². The quantitative estimate of drug-likeness (QED) is 0.300. The molecule has 11 heteroatoms. The van der Waals surface area contributed by atoms with Gasteiger partial charge < -0.3 is 19.7 Å². The molecule has 3 aromatic heterocycles. The van der Waals surface area contributed by atoms with E-state index < -0.39 is 6.09 Å². The van der Waals surface area contributed by atoms with Gasteiger partial charge in [0.2, 0.25) is 5.88 Å². The van der Waals surface area contributed by atoms with Gasteiger partial charge in [-0.3, -0.25) is 0 Å². The Balaban J connectivity index is 1.14. The number of carbonyl (C=O) groups excluding carboxylic acids is 1. The Morgan fingerprint density at radius 3 is 2.87 bits per heavy atom. The highest BCUT2D eigenvalue weighted by atomic mass is 35.5. The Morgan fingerprint density at radius 2 is 1.97 bits per heavy atom. The maximum absolute atomic E-state index is 12.5. The number of benzene rings is 2. The Morgan fingerprint density at radius 1 is 1.10 bits per heavy atom. The van der Waals surface area contributed by atoms with Crippen molar-refractivity contribution in [2.24, 2.45) is 0 Å². The topological polar surface area (TPSA) is 107 Å². The van der Waals surface area contributed by atoms with Crippen LogP contribution in [0.2, 0.25) is 5.02 Å². The Labute approximate surface area is 229 Å². The van der Waals surface area contributed by atoms with Gasteiger partial charge >= 0.3 is 6.09 Å². The van der Waals surface area contributed by atoms with Gasteiger partial charge in [0, 0.05) is 35.8 Å². The molecule has 0 aliphatic carbocycles. The second kappa shape index (κ2) is 11.1. The maximum Gasteiger partial charge on any atom is 0.413 e. The number of anilines is 1. The smallest absolute Gasteiger partial charge is 0.413 e. The lowest BCUT2D eigenvalue weighted by Crippen LogP contribution is -2.35. The van der Waals surface area contributed by atoms with Crippen LogP contribution in [0.1, 0.15) is 18.4 Å². The molecule has 0 radical (unpaired) electrons. The van der Waals surface area contributed by atoms with Gasteiger partial charge in [0.15, 0.2) is 0 Å². The predicted octanol–water partition coefficient (Wildman–Crippen LogP) is 4.70. The van der Waals surface area contributed by atoms with Crippen LogP contribution in [0, 0.1) is 0 Å². The number of nitrogens with one attached hydrogen (secondary N) is 1. The number of fused-ring (bicyclic) bond motifs is 2. The summed E-state index contributed by atoms with van der Waals surface area (Å²) in [6, 6.07) is 18.9. The number of nitrogens with zero attached hydrogens (tertiary/aromatic N) is 6. The maximum atomic E-state index is 12.5. The van der Waals surface area contributed by atoms with E-state index in [0.717, 1.165) is 36.2 Å². The van der Waals surface area contributed by atoms with Gasteiger partial charge in [0.1, 0.15) is 24.5 Å². The number of hydrogen-bond donors (Lipinski definition) is 1. The molecule has 39 heavy (non-hydrogen) atoms. The zero-order valence-corrected chi connectivity index (χ0v) is 21.8. The minimum atomic E-state index is -0.575. The van der Waals surface area contributed by atoms with Crippen molar-refractivity contribution in [3.05, 3.63) is 83.8 Å². The molecular weight excluding hydrogens is 518 g/mol. The van der Waals surface area contributed by atoms with Gasteiger partial charge in [-0.05, 0) is 55.2 Å². The second-order valence-electron chi connectivity index (χ2n) is 9.24. The summed E-state index contributed by atoms with van der Waals surface area (Å²) < 4.78 is 13.6. The molecule has 6 rings (SSSR count). The molecule has 1 atom stereocenters. The summed E-state index contributed by atoms with van der Waals surface area (Å²) >= 11 is 5.93. The average Bonchev–Trinajstić information content (AvgIpc) is 3.62. The molecule has 1 aliphatic heterocycles. The number of rotatable bonds is 8. The molecule has 0 unspecified atom stereocenters. The number of para-hydroxylation sites is 1. The lowest BCUT2D eigenvalue weighted by molar-refractivity contribution is 0.198. The van der Waals surface area contributed by atoms with Gasteiger partial charge in [-0.25, -0.2) is 14.8 Å². The zero-order valence-electron chi connectivity index (χ0n) is 21.0. The van der Waals surface area contributed by atoms with Gasteiger partial charge in [0.25, 0.3) is 5.78 Å². The summed E-state index contributed by atoms with van der Waals surface area (Å²) in [7, 11) is 0. The summed E-state index contributed by atoms with van der Waals surface area (Å²) in [5, 5.41) is 8.63. The van der Waals surface area contributed by atoms with E-state index in [2.05, 4.69) is 30.3 Å². The highest BCUT2D eigenvalue weighted by molar-refractivity contribution is 6.30. The Hall–Kier alpha value is -4.44. The summed E-state index contributed by atoms with van der Waals surface area (Å²) in [4.78, 5) is 27.7. The summed E-state index contributed by atoms with van der Waals surface area (Å²) in [5.74, 6) is 2.28. The van der Waals surface area contributed by atoms with E-state index >= 15 is 0 Å². The van der Waals surface area contributed by atoms with Crippen LogP contribution in [0.15, 0.2) is 73.2 Å². The normalized spacial score (nSPS) is 15.1. The minimum Gasteiger partial charge on any atom is -0.491 e. The minimum absolute atomic E-state index is 0.132. The third-order valence-corrected chi connectivity index (χ3v) is 6.96. The number of halogens is 1. The Bertz CT molecular complexity index is 1610. The van der Waals surface area contributed by atoms with Crippen LogP contribution in [-0.4, -0.2) is 56.4 Å². The van der Waals surface area contributed by atoms with E-state index in [9.17, 15) is 4.79 Å². The molecule has 1 N–H and O–H groups in total. The number of hydrogen-bond acceptors (Lipinski definition) is 8. The van der Waals surface area contributed by atoms with Crippen molar-refractivity contribution in [2.45, 2.75) is 25.3 Å². The number of ether oxygens (including phenoxy) is 2. The van der Waals surface area contributed by atoms with Crippen LogP contribution in [0.5, 0.6) is 11.6 Å². The number of amides is 1. The summed E-state index contributed by atoms with van der Waals surface area (Å²) in [5.41, 5.74) is 1.75. The van der Waals surface area contributed by atoms with Crippen molar-refractivity contribution >= 4 is 40.2 Å². The zero-order chi connectivity index (χ0) is 26.6. The van der Waals surface area contributed by atoms with E-state index in [-0.39, 0.29) is 11.9 Å². The summed E-state index contributed by atoms with van der Waals surface area (Å²) in [6.07, 6.45) is 5.34. The SMILES string of the molecule is O=C(NCCc1ccc(Cl)cc1)Oc1cc(OC[C@H]2CCCN2c2ccnc3ncnn23)c2ccccc2n1. The van der Waals surface area contributed by atoms with Crippen LogP contribution in [0.4, 0.5) is 10.6 Å². The van der Waals surface area contributed by atoms with Crippen molar-refractivity contribution in [3.63, 3.8) is 0 Å². The average molecular weight is 544 g/mol. The molecular formula is C28H26ClN7O3. The first-order valence-corrected chi connectivity index (χ1v) is 13.2. The molecule has 0 bridgehead atoms. The lowest BCUT2D eigenvalue weighted by Gasteiger charge is -2.26. The fourth-order valence-corrected chi connectivity index (χ4v) is 4.95. The standard InChI is InChI=1S/C28H26ClN7O3/c29-20-9-7-19(8-10-20)11-13-31-28(37)39-25-16-24(22-5-1-2-6-23(22)34-25)38-17-21-4-3-15-35(21)26-12-14-30-27-32-18-33-36(26)27/h1-2,5-10,12,14,16,18,21H,3-4,11,13,15,17H2,(H,31,37)/t21-/m1/s1. The van der Waals surface area contributed by atoms with Gasteiger partial charge in [-0.2, -0.15) is 14.6 Å². The molecule has 2 aromatic carbocycles. The molecule has 5 aromatic rings. The van der Waals surface area contributed by atoms with Crippen LogP contribution in [-0.2, 0) is 6.42 Å². The second-order valence-corrected chi connectivity index (χ2v) is 9.68. The molecule has 1 saturated heterocycles. The third kappa shape index (κ3) is 5.56. The van der Waals surface area contributed by atoms with Crippen molar-refractivity contribution in [1.82, 2.24) is 29.9 Å². The largest absolute Gasteiger partial charge is 0.491 e. The fraction of sp³-hybridized carbons (Fsp3) is 0.250. The fourth-order valence-electron chi connectivity index (χ4n) is 4.82. The number of pyridine rings is 1.